The molecule has 0 spiro atoms. The first-order valence-corrected chi connectivity index (χ1v) is 14.9. The minimum absolute atomic E-state index is 0.0700. The molecule has 2 aliphatic rings. The van der Waals surface area contributed by atoms with E-state index < -0.39 is 0 Å². The number of unbranched alkanes of at least 4 members (excludes halogenated alkanes) is 2. The molecule has 0 aliphatic carbocycles. The number of nitrogens with zero attached hydrogens (tertiary/aromatic N) is 2. The Hall–Kier alpha value is -0.240. The summed E-state index contributed by atoms with van der Waals surface area (Å²) in [5, 5.41) is 4.59. The monoisotopic (exact) mass is 510 g/mol. The zero-order chi connectivity index (χ0) is 27.4. The number of hydrogen-bond donors (Lipinski definition) is 2. The van der Waals surface area contributed by atoms with Gasteiger partial charge in [-0.2, -0.15) is 10.1 Å². The Morgan fingerprint density at radius 1 is 0.667 bits per heavy atom. The van der Waals surface area contributed by atoms with E-state index in [2.05, 4.69) is 79.4 Å². The topological polar surface area (TPSA) is 77.0 Å². The Morgan fingerprint density at radius 3 is 1.33 bits per heavy atom. The van der Waals surface area contributed by atoms with Gasteiger partial charge in [0.2, 0.25) is 0 Å². The standard InChI is InChI=1S/C30H62N4O2/c1-11-18-35-33-26(3,4)20-24(21-27(33,5)6)30(32,16-14-13-15-17-31)25-22-28(7,8)34(36-19-12-2)29(9,10)23-25/h24-25H,11-23,31-32H2,1-10H3. The number of nitrogens with two attached hydrogens (primary N) is 2. The van der Waals surface area contributed by atoms with E-state index >= 15 is 0 Å². The molecule has 2 aliphatic heterocycles. The molecule has 0 bridgehead atoms. The maximum absolute atomic E-state index is 7.76. The first-order chi connectivity index (χ1) is 16.6. The van der Waals surface area contributed by atoms with Crippen molar-refractivity contribution < 1.29 is 9.68 Å². The highest BCUT2D eigenvalue weighted by atomic mass is 16.7. The number of hydroxylamine groups is 4. The third-order valence-electron chi connectivity index (χ3n) is 8.87. The van der Waals surface area contributed by atoms with Gasteiger partial charge in [-0.3, -0.25) is 9.68 Å². The summed E-state index contributed by atoms with van der Waals surface area (Å²) in [5.74, 6) is 0.864. The molecule has 214 valence electrons. The van der Waals surface area contributed by atoms with Crippen LogP contribution in [0, 0.1) is 11.8 Å². The molecule has 0 unspecified atom stereocenters. The van der Waals surface area contributed by atoms with Crippen LogP contribution in [-0.4, -0.2) is 57.6 Å². The lowest BCUT2D eigenvalue weighted by molar-refractivity contribution is -0.301. The van der Waals surface area contributed by atoms with E-state index in [9.17, 15) is 0 Å². The fourth-order valence-corrected chi connectivity index (χ4v) is 7.84. The molecule has 36 heavy (non-hydrogen) atoms. The van der Waals surface area contributed by atoms with Crippen LogP contribution >= 0.6 is 0 Å². The number of hydrogen-bond acceptors (Lipinski definition) is 6. The third kappa shape index (κ3) is 7.24. The zero-order valence-corrected chi connectivity index (χ0v) is 25.7. The van der Waals surface area contributed by atoms with Gasteiger partial charge < -0.3 is 11.5 Å². The Labute approximate surface area is 224 Å². The molecule has 0 aromatic heterocycles. The van der Waals surface area contributed by atoms with Gasteiger partial charge in [0.05, 0.1) is 13.2 Å². The SMILES string of the molecule is CCCON1C(C)(C)CC(C(N)(CCCCCN)C2CC(C)(C)N(OCCC)C(C)(C)C2)CC1(C)C. The summed E-state index contributed by atoms with van der Waals surface area (Å²) in [5.41, 5.74) is 13.1. The highest BCUT2D eigenvalue weighted by molar-refractivity contribution is 5.11. The molecule has 2 fully saturated rings. The largest absolute Gasteiger partial charge is 0.330 e. The summed E-state index contributed by atoms with van der Waals surface area (Å²) in [6, 6.07) is 0. The van der Waals surface area contributed by atoms with Gasteiger partial charge in [-0.05, 0) is 125 Å². The Morgan fingerprint density at radius 2 is 1.03 bits per heavy atom. The summed E-state index contributed by atoms with van der Waals surface area (Å²) in [6.45, 7) is 25.4. The molecule has 0 aromatic rings. The molecule has 2 saturated heterocycles. The van der Waals surface area contributed by atoms with Crippen LogP contribution in [0.15, 0.2) is 0 Å². The molecule has 6 nitrogen and oxygen atoms in total. The first-order valence-electron chi connectivity index (χ1n) is 14.9. The summed E-state index contributed by atoms with van der Waals surface area (Å²) < 4.78 is 0. The fourth-order valence-electron chi connectivity index (χ4n) is 7.84. The van der Waals surface area contributed by atoms with Crippen molar-refractivity contribution in [2.45, 2.75) is 161 Å². The molecule has 4 N–H and O–H groups in total. The van der Waals surface area contributed by atoms with E-state index in [1.54, 1.807) is 0 Å². The van der Waals surface area contributed by atoms with Crippen LogP contribution in [0.25, 0.3) is 0 Å². The molecule has 2 rings (SSSR count). The molecule has 0 atom stereocenters. The molecular weight excluding hydrogens is 448 g/mol. The van der Waals surface area contributed by atoms with Crippen molar-refractivity contribution in [3.8, 4) is 0 Å². The molecule has 0 saturated carbocycles. The van der Waals surface area contributed by atoms with Gasteiger partial charge >= 0.3 is 0 Å². The Bertz CT molecular complexity index is 592. The van der Waals surface area contributed by atoms with Gasteiger partial charge in [-0.1, -0.05) is 26.7 Å². The smallest absolute Gasteiger partial charge is 0.0683 e. The Kier molecular flexibility index (Phi) is 10.9. The van der Waals surface area contributed by atoms with Crippen LogP contribution in [0.3, 0.4) is 0 Å². The summed E-state index contributed by atoms with van der Waals surface area (Å²) in [6.07, 6.45) is 10.7. The fraction of sp³-hybridized carbons (Fsp3) is 1.00. The lowest BCUT2D eigenvalue weighted by Gasteiger charge is -2.62. The lowest BCUT2D eigenvalue weighted by Crippen LogP contribution is -2.69. The number of rotatable bonds is 13. The second-order valence-electron chi connectivity index (χ2n) is 14.4. The van der Waals surface area contributed by atoms with Crippen LogP contribution in [0.5, 0.6) is 0 Å². The average Bonchev–Trinajstić information content (AvgIpc) is 2.73. The maximum Gasteiger partial charge on any atom is 0.0683 e. The lowest BCUT2D eigenvalue weighted by atomic mass is 9.57. The van der Waals surface area contributed by atoms with E-state index in [1.807, 2.05) is 0 Å². The van der Waals surface area contributed by atoms with E-state index in [0.717, 1.165) is 84.0 Å². The van der Waals surface area contributed by atoms with Crippen molar-refractivity contribution in [2.75, 3.05) is 19.8 Å². The van der Waals surface area contributed by atoms with Gasteiger partial charge in [-0.15, -0.1) is 0 Å². The second-order valence-corrected chi connectivity index (χ2v) is 14.4. The quantitative estimate of drug-likeness (QED) is 0.278. The molecular formula is C30H62N4O2. The van der Waals surface area contributed by atoms with Crippen LogP contribution < -0.4 is 11.5 Å². The van der Waals surface area contributed by atoms with Crippen molar-refractivity contribution >= 4 is 0 Å². The molecule has 6 heteroatoms. The average molecular weight is 511 g/mol. The second kappa shape index (κ2) is 12.3. The third-order valence-corrected chi connectivity index (χ3v) is 8.87. The van der Waals surface area contributed by atoms with Gasteiger partial charge in [0.25, 0.3) is 0 Å². The van der Waals surface area contributed by atoms with E-state index in [4.69, 9.17) is 21.1 Å². The molecule has 0 amide bonds. The predicted molar refractivity (Wildman–Crippen MR) is 152 cm³/mol. The van der Waals surface area contributed by atoms with Gasteiger partial charge in [0.1, 0.15) is 0 Å². The first kappa shape index (κ1) is 32.0. The normalized spacial score (nSPS) is 25.3. The summed E-state index contributed by atoms with van der Waals surface area (Å²) in [7, 11) is 0. The number of piperidine rings is 2. The highest BCUT2D eigenvalue weighted by Gasteiger charge is 2.57. The van der Waals surface area contributed by atoms with Crippen molar-refractivity contribution in [1.82, 2.24) is 10.1 Å². The predicted octanol–water partition coefficient (Wildman–Crippen LogP) is 6.42. The van der Waals surface area contributed by atoms with Gasteiger partial charge in [-0.25, -0.2) is 0 Å². The van der Waals surface area contributed by atoms with Crippen LogP contribution in [-0.2, 0) is 9.68 Å². The molecule has 0 aromatic carbocycles. The molecule has 0 radical (unpaired) electrons. The summed E-state index contributed by atoms with van der Waals surface area (Å²) in [4.78, 5) is 12.7. The van der Waals surface area contributed by atoms with E-state index in [1.165, 1.54) is 0 Å². The van der Waals surface area contributed by atoms with E-state index in [0.29, 0.717) is 11.8 Å². The minimum Gasteiger partial charge on any atom is -0.330 e. The van der Waals surface area contributed by atoms with Crippen molar-refractivity contribution in [3.05, 3.63) is 0 Å². The van der Waals surface area contributed by atoms with Crippen LogP contribution in [0.1, 0.15) is 133 Å². The van der Waals surface area contributed by atoms with Crippen LogP contribution in [0.4, 0.5) is 0 Å². The van der Waals surface area contributed by atoms with Gasteiger partial charge in [0, 0.05) is 27.7 Å². The highest BCUT2D eigenvalue weighted by Crippen LogP contribution is 2.53. The Balaban J connectivity index is 2.41. The van der Waals surface area contributed by atoms with Crippen molar-refractivity contribution in [3.63, 3.8) is 0 Å². The summed E-state index contributed by atoms with van der Waals surface area (Å²) >= 11 is 0. The molecule has 2 heterocycles. The van der Waals surface area contributed by atoms with Crippen LogP contribution in [0.2, 0.25) is 0 Å². The zero-order valence-electron chi connectivity index (χ0n) is 25.7. The van der Waals surface area contributed by atoms with Crippen molar-refractivity contribution in [2.24, 2.45) is 23.3 Å². The van der Waals surface area contributed by atoms with Crippen molar-refractivity contribution in [1.29, 1.82) is 0 Å². The minimum atomic E-state index is -0.231. The maximum atomic E-state index is 7.76. The van der Waals surface area contributed by atoms with Gasteiger partial charge in [0.15, 0.2) is 0 Å². The van der Waals surface area contributed by atoms with E-state index in [-0.39, 0.29) is 27.7 Å².